The first-order valence-corrected chi connectivity index (χ1v) is 9.67. The number of likely N-dealkylation sites (N-methyl/N-ethyl adjacent to an activating group) is 1. The van der Waals surface area contributed by atoms with E-state index in [4.69, 9.17) is 9.40 Å². The number of hydrogen-bond acceptors (Lipinski definition) is 5. The predicted octanol–water partition coefficient (Wildman–Crippen LogP) is 2.31. The van der Waals surface area contributed by atoms with E-state index in [1.165, 1.54) is 11.5 Å². The first-order chi connectivity index (χ1) is 13.2. The van der Waals surface area contributed by atoms with Crippen molar-refractivity contribution in [2.24, 2.45) is 7.05 Å². The molecule has 27 heavy (non-hydrogen) atoms. The molecular formula is C20H26N6O. The summed E-state index contributed by atoms with van der Waals surface area (Å²) in [4.78, 5) is 9.93. The molecule has 1 saturated heterocycles. The molecule has 0 saturated carbocycles. The van der Waals surface area contributed by atoms with Crippen molar-refractivity contribution in [2.45, 2.75) is 31.5 Å². The second kappa shape index (κ2) is 6.35. The molecule has 0 amide bonds. The van der Waals surface area contributed by atoms with Crippen LogP contribution >= 0.6 is 0 Å². The number of aromatic nitrogens is 4. The molecule has 1 spiro atoms. The Balaban J connectivity index is 1.42. The summed E-state index contributed by atoms with van der Waals surface area (Å²) in [5.41, 5.74) is 2.35. The predicted molar refractivity (Wildman–Crippen MR) is 102 cm³/mol. The molecule has 3 aromatic rings. The molecule has 142 valence electrons. The lowest BCUT2D eigenvalue weighted by Gasteiger charge is -2.49. The van der Waals surface area contributed by atoms with Gasteiger partial charge in [0.15, 0.2) is 0 Å². The average molecular weight is 366 g/mol. The Morgan fingerprint density at radius 1 is 1.11 bits per heavy atom. The summed E-state index contributed by atoms with van der Waals surface area (Å²) >= 11 is 0. The minimum Gasteiger partial charge on any atom is -0.468 e. The van der Waals surface area contributed by atoms with Gasteiger partial charge in [-0.2, -0.15) is 5.10 Å². The number of nitrogens with zero attached hydrogens (tertiary/aromatic N) is 6. The highest BCUT2D eigenvalue weighted by Gasteiger charge is 2.45. The van der Waals surface area contributed by atoms with Gasteiger partial charge in [-0.3, -0.25) is 14.5 Å². The minimum absolute atomic E-state index is 0.0262. The maximum Gasteiger partial charge on any atom is 0.129 e. The zero-order valence-electron chi connectivity index (χ0n) is 16.0. The lowest BCUT2D eigenvalue weighted by atomic mass is 9.83. The van der Waals surface area contributed by atoms with Gasteiger partial charge in [0.2, 0.25) is 0 Å². The van der Waals surface area contributed by atoms with E-state index in [1.807, 2.05) is 30.2 Å². The van der Waals surface area contributed by atoms with Crippen LogP contribution in [0.25, 0.3) is 11.3 Å². The van der Waals surface area contributed by atoms with Crippen LogP contribution in [0.1, 0.15) is 24.4 Å². The fourth-order valence-corrected chi connectivity index (χ4v) is 4.70. The van der Waals surface area contributed by atoms with E-state index in [-0.39, 0.29) is 5.54 Å². The van der Waals surface area contributed by atoms with E-state index < -0.39 is 0 Å². The summed E-state index contributed by atoms with van der Waals surface area (Å²) in [5, 5.41) is 4.34. The second-order valence-electron chi connectivity index (χ2n) is 7.83. The third kappa shape index (κ3) is 2.73. The van der Waals surface area contributed by atoms with Crippen molar-refractivity contribution in [2.75, 3.05) is 26.7 Å². The first kappa shape index (κ1) is 16.8. The maximum absolute atomic E-state index is 5.53. The Kier molecular flexibility index (Phi) is 3.94. The Hall–Kier alpha value is -2.38. The quantitative estimate of drug-likeness (QED) is 0.712. The van der Waals surface area contributed by atoms with Crippen molar-refractivity contribution in [1.29, 1.82) is 0 Å². The molecular weight excluding hydrogens is 340 g/mol. The van der Waals surface area contributed by atoms with Gasteiger partial charge in [-0.05, 0) is 32.0 Å². The standard InChI is InChI=1S/C20H26N6O/c1-23-9-10-26-18(16-12-22-24(2)14-16)13-21-19(26)20(23)5-7-25(8-6-20)15-17-4-3-11-27-17/h3-4,11-14H,5-10,15H2,1-2H3. The first-order valence-electron chi connectivity index (χ1n) is 9.67. The van der Waals surface area contributed by atoms with Gasteiger partial charge >= 0.3 is 0 Å². The summed E-state index contributed by atoms with van der Waals surface area (Å²) in [6.45, 7) is 5.03. The molecule has 2 aliphatic heterocycles. The molecule has 0 atom stereocenters. The van der Waals surface area contributed by atoms with E-state index in [1.54, 1.807) is 6.26 Å². The maximum atomic E-state index is 5.53. The number of piperidine rings is 1. The third-order valence-electron chi connectivity index (χ3n) is 6.30. The van der Waals surface area contributed by atoms with E-state index in [0.717, 1.165) is 56.9 Å². The highest BCUT2D eigenvalue weighted by molar-refractivity contribution is 5.57. The zero-order valence-corrected chi connectivity index (χ0v) is 16.0. The molecule has 0 bridgehead atoms. The van der Waals surface area contributed by atoms with Crippen LogP contribution in [0.5, 0.6) is 0 Å². The van der Waals surface area contributed by atoms with Gasteiger partial charge in [-0.25, -0.2) is 4.98 Å². The van der Waals surface area contributed by atoms with Gasteiger partial charge in [0.05, 0.1) is 36.4 Å². The lowest BCUT2D eigenvalue weighted by Crippen LogP contribution is -2.56. The molecule has 5 rings (SSSR count). The van der Waals surface area contributed by atoms with Crippen molar-refractivity contribution in [3.8, 4) is 11.3 Å². The monoisotopic (exact) mass is 366 g/mol. The van der Waals surface area contributed by atoms with Crippen molar-refractivity contribution in [1.82, 2.24) is 29.1 Å². The van der Waals surface area contributed by atoms with Gasteiger partial charge in [-0.15, -0.1) is 0 Å². The fourth-order valence-electron chi connectivity index (χ4n) is 4.70. The van der Waals surface area contributed by atoms with Crippen LogP contribution in [-0.4, -0.2) is 55.8 Å². The van der Waals surface area contributed by atoms with Crippen molar-refractivity contribution < 1.29 is 4.42 Å². The summed E-state index contributed by atoms with van der Waals surface area (Å²) < 4.78 is 9.80. The highest BCUT2D eigenvalue weighted by Crippen LogP contribution is 2.41. The minimum atomic E-state index is 0.0262. The van der Waals surface area contributed by atoms with Crippen molar-refractivity contribution >= 4 is 0 Å². The van der Waals surface area contributed by atoms with Gasteiger partial charge in [0.25, 0.3) is 0 Å². The van der Waals surface area contributed by atoms with Crippen LogP contribution in [0.15, 0.2) is 41.4 Å². The van der Waals surface area contributed by atoms with Crippen LogP contribution in [0.3, 0.4) is 0 Å². The van der Waals surface area contributed by atoms with E-state index in [9.17, 15) is 0 Å². The van der Waals surface area contributed by atoms with Crippen LogP contribution in [0, 0.1) is 0 Å². The number of hydrogen-bond donors (Lipinski definition) is 0. The molecule has 0 aliphatic carbocycles. The topological polar surface area (TPSA) is 55.3 Å². The summed E-state index contributed by atoms with van der Waals surface area (Å²) in [5.74, 6) is 2.26. The molecule has 0 N–H and O–H groups in total. The van der Waals surface area contributed by atoms with Gasteiger partial charge in [-0.1, -0.05) is 0 Å². The van der Waals surface area contributed by atoms with Gasteiger partial charge in [0.1, 0.15) is 11.6 Å². The van der Waals surface area contributed by atoms with E-state index >= 15 is 0 Å². The van der Waals surface area contributed by atoms with Crippen LogP contribution in [0.2, 0.25) is 0 Å². The smallest absolute Gasteiger partial charge is 0.129 e. The van der Waals surface area contributed by atoms with Crippen molar-refractivity contribution in [3.05, 3.63) is 48.6 Å². The molecule has 0 aromatic carbocycles. The number of imidazole rings is 1. The summed E-state index contributed by atoms with van der Waals surface area (Å²) in [7, 11) is 4.21. The van der Waals surface area contributed by atoms with Crippen LogP contribution < -0.4 is 0 Å². The summed E-state index contributed by atoms with van der Waals surface area (Å²) in [6.07, 6.45) is 9.97. The molecule has 3 aromatic heterocycles. The molecule has 5 heterocycles. The zero-order chi connectivity index (χ0) is 18.4. The molecule has 1 fully saturated rings. The Morgan fingerprint density at radius 3 is 2.67 bits per heavy atom. The lowest BCUT2D eigenvalue weighted by molar-refractivity contribution is 0.00549. The number of rotatable bonds is 3. The van der Waals surface area contributed by atoms with Crippen molar-refractivity contribution in [3.63, 3.8) is 0 Å². The number of furan rings is 1. The summed E-state index contributed by atoms with van der Waals surface area (Å²) in [6, 6.07) is 4.02. The van der Waals surface area contributed by atoms with Crippen LogP contribution in [-0.2, 0) is 25.7 Å². The number of likely N-dealkylation sites (tertiary alicyclic amines) is 1. The highest BCUT2D eigenvalue weighted by atomic mass is 16.3. The van der Waals surface area contributed by atoms with Gasteiger partial charge in [0, 0.05) is 45.0 Å². The van der Waals surface area contributed by atoms with E-state index in [0.29, 0.717) is 0 Å². The molecule has 7 heteroatoms. The fraction of sp³-hybridized carbons (Fsp3) is 0.500. The largest absolute Gasteiger partial charge is 0.468 e. The Morgan fingerprint density at radius 2 is 1.96 bits per heavy atom. The molecule has 0 radical (unpaired) electrons. The van der Waals surface area contributed by atoms with E-state index in [2.05, 4.69) is 38.8 Å². The van der Waals surface area contributed by atoms with Gasteiger partial charge < -0.3 is 8.98 Å². The average Bonchev–Trinajstić information content (AvgIpc) is 3.41. The Labute approximate surface area is 159 Å². The third-order valence-corrected chi connectivity index (χ3v) is 6.30. The second-order valence-corrected chi connectivity index (χ2v) is 7.83. The van der Waals surface area contributed by atoms with Crippen LogP contribution in [0.4, 0.5) is 0 Å². The molecule has 7 nitrogen and oxygen atoms in total. The Bertz CT molecular complexity index is 916. The SMILES string of the molecule is CN1CCn2c(-c3cnn(C)c3)cnc2C12CCN(Cc1ccco1)CC2. The number of fused-ring (bicyclic) bond motifs is 2. The number of aryl methyl sites for hydroxylation is 1. The molecule has 0 unspecified atom stereocenters. The molecule has 2 aliphatic rings. The normalized spacial score (nSPS) is 20.2.